The molecule has 1 saturated heterocycles. The Labute approximate surface area is 137 Å². The molecule has 1 N–H and O–H groups in total. The number of nitrogens with one attached hydrogen (secondary N) is 1. The molecule has 0 bridgehead atoms. The number of methoxy groups -OCH3 is 1. The van der Waals surface area contributed by atoms with E-state index in [9.17, 15) is 9.59 Å². The van der Waals surface area contributed by atoms with E-state index in [4.69, 9.17) is 0 Å². The summed E-state index contributed by atoms with van der Waals surface area (Å²) < 4.78 is 6.45. The zero-order valence-electron chi connectivity index (χ0n) is 12.6. The van der Waals surface area contributed by atoms with Crippen molar-refractivity contribution in [3.05, 3.63) is 29.7 Å². The molecule has 1 fully saturated rings. The first-order valence-corrected chi connectivity index (χ1v) is 8.12. The number of hydrogen-bond acceptors (Lipinski definition) is 6. The molecule has 2 amide bonds. The molecule has 0 aliphatic carbocycles. The van der Waals surface area contributed by atoms with E-state index in [-0.39, 0.29) is 12.1 Å². The standard InChI is InChI=1S/C14H17N5O3S/c1-22-13(20)10-5-12(23-7-10)17-14(21)18-4-2-3-11(6-18)19-9-15-8-16-19/h5,7-9,11H,2-4,6H2,1H3,(H,17,21)/t11-/m0/s1. The zero-order chi connectivity index (χ0) is 16.2. The molecule has 23 heavy (non-hydrogen) atoms. The summed E-state index contributed by atoms with van der Waals surface area (Å²) in [4.78, 5) is 29.5. The lowest BCUT2D eigenvalue weighted by Crippen LogP contribution is -2.43. The van der Waals surface area contributed by atoms with E-state index in [1.807, 2.05) is 0 Å². The summed E-state index contributed by atoms with van der Waals surface area (Å²) in [5.41, 5.74) is 0.437. The van der Waals surface area contributed by atoms with Gasteiger partial charge in [0.15, 0.2) is 0 Å². The maximum absolute atomic E-state index is 12.4. The van der Waals surface area contributed by atoms with Gasteiger partial charge in [-0.15, -0.1) is 11.3 Å². The molecule has 3 rings (SSSR count). The molecule has 2 aromatic rings. The highest BCUT2D eigenvalue weighted by Gasteiger charge is 2.25. The third-order valence-corrected chi connectivity index (χ3v) is 4.59. The fourth-order valence-corrected chi connectivity index (χ4v) is 3.33. The van der Waals surface area contributed by atoms with Gasteiger partial charge in [-0.25, -0.2) is 19.3 Å². The summed E-state index contributed by atoms with van der Waals surface area (Å²) in [6.45, 7) is 1.29. The number of urea groups is 1. The average molecular weight is 335 g/mol. The van der Waals surface area contributed by atoms with E-state index in [2.05, 4.69) is 20.1 Å². The molecule has 0 unspecified atom stereocenters. The molecule has 0 aromatic carbocycles. The molecule has 0 saturated carbocycles. The van der Waals surface area contributed by atoms with Crippen molar-refractivity contribution in [3.8, 4) is 0 Å². The van der Waals surface area contributed by atoms with Crippen LogP contribution in [0.5, 0.6) is 0 Å². The number of piperidine rings is 1. The van der Waals surface area contributed by atoms with E-state index in [1.54, 1.807) is 27.4 Å². The second-order valence-electron chi connectivity index (χ2n) is 5.24. The Kier molecular flexibility index (Phi) is 4.56. The zero-order valence-corrected chi connectivity index (χ0v) is 13.5. The quantitative estimate of drug-likeness (QED) is 0.867. The van der Waals surface area contributed by atoms with Crippen LogP contribution in [0.3, 0.4) is 0 Å². The SMILES string of the molecule is COC(=O)c1csc(NC(=O)N2CCC[C@H](n3cncn3)C2)c1. The maximum atomic E-state index is 12.4. The topological polar surface area (TPSA) is 89.4 Å². The molecular weight excluding hydrogens is 318 g/mol. The number of rotatable bonds is 3. The Bertz CT molecular complexity index is 684. The normalized spacial score (nSPS) is 17.8. The van der Waals surface area contributed by atoms with Crippen molar-refractivity contribution in [3.63, 3.8) is 0 Å². The molecule has 0 radical (unpaired) electrons. The summed E-state index contributed by atoms with van der Waals surface area (Å²) in [5.74, 6) is -0.411. The van der Waals surface area contributed by atoms with Crippen LogP contribution < -0.4 is 5.32 Å². The van der Waals surface area contributed by atoms with Gasteiger partial charge in [0, 0.05) is 18.5 Å². The van der Waals surface area contributed by atoms with Gasteiger partial charge in [-0.3, -0.25) is 5.32 Å². The Morgan fingerprint density at radius 2 is 2.35 bits per heavy atom. The van der Waals surface area contributed by atoms with Gasteiger partial charge in [0.2, 0.25) is 0 Å². The fourth-order valence-electron chi connectivity index (χ4n) is 2.57. The number of anilines is 1. The van der Waals surface area contributed by atoms with Crippen molar-refractivity contribution in [1.82, 2.24) is 19.7 Å². The number of esters is 1. The second kappa shape index (κ2) is 6.78. The first kappa shape index (κ1) is 15.5. The number of carbonyl (C=O) groups is 2. The lowest BCUT2D eigenvalue weighted by molar-refractivity contribution is 0.0601. The van der Waals surface area contributed by atoms with Gasteiger partial charge < -0.3 is 9.64 Å². The monoisotopic (exact) mass is 335 g/mol. The maximum Gasteiger partial charge on any atom is 0.338 e. The Morgan fingerprint density at radius 1 is 1.48 bits per heavy atom. The summed E-state index contributed by atoms with van der Waals surface area (Å²) in [6.07, 6.45) is 5.06. The van der Waals surface area contributed by atoms with Gasteiger partial charge in [-0.05, 0) is 18.9 Å². The van der Waals surface area contributed by atoms with Crippen LogP contribution in [0, 0.1) is 0 Å². The molecule has 122 valence electrons. The third-order valence-electron chi connectivity index (χ3n) is 3.75. The molecular formula is C14H17N5O3S. The van der Waals surface area contributed by atoms with Crippen LogP contribution in [0.4, 0.5) is 9.80 Å². The average Bonchev–Trinajstić information content (AvgIpc) is 3.26. The molecule has 0 spiro atoms. The minimum Gasteiger partial charge on any atom is -0.465 e. The number of thiophene rings is 1. The molecule has 3 heterocycles. The predicted octanol–water partition coefficient (Wildman–Crippen LogP) is 2.00. The Morgan fingerprint density at radius 3 is 3.09 bits per heavy atom. The number of nitrogens with zero attached hydrogens (tertiary/aromatic N) is 4. The van der Waals surface area contributed by atoms with Crippen molar-refractivity contribution in [2.45, 2.75) is 18.9 Å². The lowest BCUT2D eigenvalue weighted by Gasteiger charge is -2.32. The first-order valence-electron chi connectivity index (χ1n) is 7.24. The van der Waals surface area contributed by atoms with Crippen molar-refractivity contribution < 1.29 is 14.3 Å². The van der Waals surface area contributed by atoms with Crippen molar-refractivity contribution in [2.75, 3.05) is 25.5 Å². The highest BCUT2D eigenvalue weighted by molar-refractivity contribution is 7.14. The van der Waals surface area contributed by atoms with Gasteiger partial charge in [0.05, 0.1) is 23.7 Å². The molecule has 9 heteroatoms. The highest BCUT2D eigenvalue weighted by Crippen LogP contribution is 2.24. The van der Waals surface area contributed by atoms with Crippen LogP contribution >= 0.6 is 11.3 Å². The number of hydrogen-bond donors (Lipinski definition) is 1. The van der Waals surface area contributed by atoms with Gasteiger partial charge in [-0.2, -0.15) is 5.10 Å². The number of likely N-dealkylation sites (tertiary alicyclic amines) is 1. The van der Waals surface area contributed by atoms with Gasteiger partial charge >= 0.3 is 12.0 Å². The van der Waals surface area contributed by atoms with Crippen LogP contribution in [-0.4, -0.2) is 51.9 Å². The summed E-state index contributed by atoms with van der Waals surface area (Å²) in [5, 5.41) is 9.26. The fraction of sp³-hybridized carbons (Fsp3) is 0.429. The molecule has 1 atom stereocenters. The minimum absolute atomic E-state index is 0.144. The Balaban J connectivity index is 1.61. The van der Waals surface area contributed by atoms with Crippen molar-refractivity contribution in [1.29, 1.82) is 0 Å². The molecule has 1 aliphatic heterocycles. The van der Waals surface area contributed by atoms with Gasteiger partial charge in [0.1, 0.15) is 12.7 Å². The number of amides is 2. The van der Waals surface area contributed by atoms with Crippen LogP contribution in [0.25, 0.3) is 0 Å². The largest absolute Gasteiger partial charge is 0.465 e. The summed E-state index contributed by atoms with van der Waals surface area (Å²) >= 11 is 1.30. The lowest BCUT2D eigenvalue weighted by atomic mass is 10.1. The van der Waals surface area contributed by atoms with Crippen LogP contribution in [0.15, 0.2) is 24.1 Å². The summed E-state index contributed by atoms with van der Waals surface area (Å²) in [7, 11) is 1.33. The van der Waals surface area contributed by atoms with Gasteiger partial charge in [-0.1, -0.05) is 0 Å². The van der Waals surface area contributed by atoms with Crippen LogP contribution in [0.1, 0.15) is 29.2 Å². The second-order valence-corrected chi connectivity index (χ2v) is 6.15. The Hall–Kier alpha value is -2.42. The van der Waals surface area contributed by atoms with Crippen molar-refractivity contribution >= 4 is 28.3 Å². The van der Waals surface area contributed by atoms with Crippen LogP contribution in [-0.2, 0) is 4.74 Å². The summed E-state index contributed by atoms with van der Waals surface area (Å²) in [6, 6.07) is 1.59. The van der Waals surface area contributed by atoms with E-state index >= 15 is 0 Å². The highest BCUT2D eigenvalue weighted by atomic mass is 32.1. The molecule has 8 nitrogen and oxygen atoms in total. The van der Waals surface area contributed by atoms with Crippen LogP contribution in [0.2, 0.25) is 0 Å². The van der Waals surface area contributed by atoms with Crippen molar-refractivity contribution in [2.24, 2.45) is 0 Å². The number of aromatic nitrogens is 3. The smallest absolute Gasteiger partial charge is 0.338 e. The van der Waals surface area contributed by atoms with E-state index in [0.29, 0.717) is 23.7 Å². The van der Waals surface area contributed by atoms with Gasteiger partial charge in [0.25, 0.3) is 0 Å². The molecule has 1 aliphatic rings. The van der Waals surface area contributed by atoms with E-state index in [1.165, 1.54) is 24.8 Å². The molecule has 2 aromatic heterocycles. The first-order chi connectivity index (χ1) is 11.2. The van der Waals surface area contributed by atoms with E-state index in [0.717, 1.165) is 12.8 Å². The minimum atomic E-state index is -0.411. The predicted molar refractivity (Wildman–Crippen MR) is 84.5 cm³/mol. The third kappa shape index (κ3) is 3.50. The number of ether oxygens (including phenoxy) is 1. The van der Waals surface area contributed by atoms with E-state index < -0.39 is 5.97 Å². The number of carbonyl (C=O) groups excluding carboxylic acids is 2.